The first-order valence-electron chi connectivity index (χ1n) is 6.23. The van der Waals surface area contributed by atoms with Crippen LogP contribution in [0.2, 0.25) is 0 Å². The number of hydrogen-bond donors (Lipinski definition) is 1. The van der Waals surface area contributed by atoms with E-state index >= 15 is 0 Å². The molecule has 0 radical (unpaired) electrons. The van der Waals surface area contributed by atoms with E-state index < -0.39 is 0 Å². The van der Waals surface area contributed by atoms with E-state index in [1.54, 1.807) is 6.20 Å². The second-order valence-electron chi connectivity index (χ2n) is 4.55. The van der Waals surface area contributed by atoms with Crippen LogP contribution in [0, 0.1) is 0 Å². The third-order valence-electron chi connectivity index (χ3n) is 3.22. The summed E-state index contributed by atoms with van der Waals surface area (Å²) in [5.74, 6) is -0.286. The summed E-state index contributed by atoms with van der Waals surface area (Å²) in [4.78, 5) is 21.5. The molecule has 2 aromatic rings. The number of hydroxylamine groups is 1. The van der Waals surface area contributed by atoms with Gasteiger partial charge in [0.05, 0.1) is 6.10 Å². The quantitative estimate of drug-likeness (QED) is 0.841. The van der Waals surface area contributed by atoms with Crippen LogP contribution >= 0.6 is 0 Å². The minimum atomic E-state index is -0.286. The first-order chi connectivity index (χ1) is 8.83. The number of pyridine rings is 1. The van der Waals surface area contributed by atoms with Gasteiger partial charge >= 0.3 is 0 Å². The average Bonchev–Trinajstić information content (AvgIpc) is 3.04. The Kier molecular flexibility index (Phi) is 2.98. The molecule has 0 bridgehead atoms. The Morgan fingerprint density at radius 2 is 2.22 bits per heavy atom. The predicted molar refractivity (Wildman–Crippen MR) is 66.0 cm³/mol. The molecule has 1 aliphatic rings. The van der Waals surface area contributed by atoms with E-state index in [1.807, 2.05) is 28.8 Å². The Labute approximate surface area is 105 Å². The van der Waals surface area contributed by atoms with Gasteiger partial charge in [0, 0.05) is 12.4 Å². The first kappa shape index (κ1) is 11.2. The fraction of sp³-hybridized carbons (Fsp3) is 0.385. The van der Waals surface area contributed by atoms with Gasteiger partial charge in [-0.2, -0.15) is 0 Å². The number of carbonyl (C=O) groups is 1. The number of nitrogens with zero attached hydrogens (tertiary/aromatic N) is 2. The van der Waals surface area contributed by atoms with Gasteiger partial charge in [-0.3, -0.25) is 9.63 Å². The number of fused-ring (bicyclic) bond motifs is 1. The Morgan fingerprint density at radius 1 is 1.39 bits per heavy atom. The van der Waals surface area contributed by atoms with Crippen molar-refractivity contribution in [2.45, 2.75) is 31.8 Å². The van der Waals surface area contributed by atoms with Crippen LogP contribution in [-0.2, 0) is 4.84 Å². The smallest absolute Gasteiger partial charge is 0.295 e. The maximum absolute atomic E-state index is 11.9. The van der Waals surface area contributed by atoms with Crippen LogP contribution in [0.25, 0.3) is 5.65 Å². The van der Waals surface area contributed by atoms with Crippen LogP contribution in [-0.4, -0.2) is 21.4 Å². The molecule has 0 aliphatic heterocycles. The number of amides is 1. The van der Waals surface area contributed by atoms with Gasteiger partial charge in [-0.25, -0.2) is 10.5 Å². The van der Waals surface area contributed by atoms with Gasteiger partial charge in [0.1, 0.15) is 11.3 Å². The molecule has 0 spiro atoms. The van der Waals surface area contributed by atoms with E-state index in [1.165, 1.54) is 12.8 Å². The molecule has 1 saturated carbocycles. The summed E-state index contributed by atoms with van der Waals surface area (Å²) < 4.78 is 1.81. The van der Waals surface area contributed by atoms with Gasteiger partial charge in [-0.15, -0.1) is 0 Å². The van der Waals surface area contributed by atoms with E-state index in [4.69, 9.17) is 4.84 Å². The summed E-state index contributed by atoms with van der Waals surface area (Å²) in [6.07, 6.45) is 8.10. The van der Waals surface area contributed by atoms with Gasteiger partial charge in [-0.05, 0) is 25.0 Å². The van der Waals surface area contributed by atoms with Crippen LogP contribution in [0.4, 0.5) is 0 Å². The van der Waals surface area contributed by atoms with Gasteiger partial charge in [0.15, 0.2) is 0 Å². The largest absolute Gasteiger partial charge is 0.306 e. The van der Waals surface area contributed by atoms with Crippen molar-refractivity contribution < 1.29 is 9.63 Å². The maximum atomic E-state index is 11.9. The standard InChI is InChI=1S/C13H15N3O2/c17-13(15-18-10-5-1-2-6-10)11-9-16-8-4-3-7-12(16)14-11/h3-4,7-10H,1-2,5-6H2,(H,15,17). The van der Waals surface area contributed by atoms with Crippen molar-refractivity contribution in [3.8, 4) is 0 Å². The predicted octanol–water partition coefficient (Wildman–Crippen LogP) is 1.94. The second kappa shape index (κ2) is 4.78. The Balaban J connectivity index is 1.67. The lowest BCUT2D eigenvalue weighted by Gasteiger charge is -2.09. The van der Waals surface area contributed by atoms with E-state index in [9.17, 15) is 4.79 Å². The minimum absolute atomic E-state index is 0.158. The average molecular weight is 245 g/mol. The van der Waals surface area contributed by atoms with E-state index in [-0.39, 0.29) is 12.0 Å². The Hall–Kier alpha value is -1.88. The van der Waals surface area contributed by atoms with E-state index in [0.717, 1.165) is 18.5 Å². The topological polar surface area (TPSA) is 55.6 Å². The number of imidazole rings is 1. The molecule has 0 aromatic carbocycles. The van der Waals surface area contributed by atoms with Gasteiger partial charge in [-0.1, -0.05) is 18.9 Å². The fourth-order valence-electron chi connectivity index (χ4n) is 2.24. The summed E-state index contributed by atoms with van der Waals surface area (Å²) in [6, 6.07) is 5.64. The minimum Gasteiger partial charge on any atom is -0.306 e. The molecule has 5 nitrogen and oxygen atoms in total. The van der Waals surface area contributed by atoms with Crippen molar-refractivity contribution in [2.24, 2.45) is 0 Å². The highest BCUT2D eigenvalue weighted by atomic mass is 16.7. The fourth-order valence-corrected chi connectivity index (χ4v) is 2.24. The molecule has 3 rings (SSSR count). The first-order valence-corrected chi connectivity index (χ1v) is 6.23. The lowest BCUT2D eigenvalue weighted by atomic mass is 10.3. The van der Waals surface area contributed by atoms with E-state index in [0.29, 0.717) is 5.69 Å². The molecule has 0 saturated heterocycles. The number of nitrogens with one attached hydrogen (secondary N) is 1. The highest BCUT2D eigenvalue weighted by molar-refractivity contribution is 5.92. The third-order valence-corrected chi connectivity index (χ3v) is 3.22. The molecule has 0 unspecified atom stereocenters. The summed E-state index contributed by atoms with van der Waals surface area (Å²) in [7, 11) is 0. The lowest BCUT2D eigenvalue weighted by molar-refractivity contribution is -0.0127. The molecule has 1 amide bonds. The second-order valence-corrected chi connectivity index (χ2v) is 4.55. The van der Waals surface area contributed by atoms with Crippen molar-refractivity contribution in [3.63, 3.8) is 0 Å². The Morgan fingerprint density at radius 3 is 3.00 bits per heavy atom. The molecule has 1 N–H and O–H groups in total. The van der Waals surface area contributed by atoms with Gasteiger partial charge in [0.2, 0.25) is 0 Å². The summed E-state index contributed by atoms with van der Waals surface area (Å²) >= 11 is 0. The van der Waals surface area contributed by atoms with Crippen molar-refractivity contribution in [3.05, 3.63) is 36.3 Å². The van der Waals surface area contributed by atoms with E-state index in [2.05, 4.69) is 10.5 Å². The number of carbonyl (C=O) groups excluding carboxylic acids is 1. The molecule has 2 heterocycles. The molecule has 1 fully saturated rings. The number of hydrogen-bond acceptors (Lipinski definition) is 3. The molecule has 1 aliphatic carbocycles. The number of rotatable bonds is 3. The molecular weight excluding hydrogens is 230 g/mol. The molecule has 18 heavy (non-hydrogen) atoms. The lowest BCUT2D eigenvalue weighted by Crippen LogP contribution is -2.28. The van der Waals surface area contributed by atoms with Crippen LogP contribution in [0.5, 0.6) is 0 Å². The molecular formula is C13H15N3O2. The summed E-state index contributed by atoms with van der Waals surface area (Å²) in [6.45, 7) is 0. The normalized spacial score (nSPS) is 16.2. The maximum Gasteiger partial charge on any atom is 0.295 e. The monoisotopic (exact) mass is 245 g/mol. The third kappa shape index (κ3) is 2.22. The zero-order valence-corrected chi connectivity index (χ0v) is 10.0. The highest BCUT2D eigenvalue weighted by Gasteiger charge is 2.18. The SMILES string of the molecule is O=C(NOC1CCCC1)c1cn2ccccc2n1. The van der Waals surface area contributed by atoms with Crippen LogP contribution in [0.15, 0.2) is 30.6 Å². The highest BCUT2D eigenvalue weighted by Crippen LogP contribution is 2.19. The number of aromatic nitrogens is 2. The van der Waals surface area contributed by atoms with Crippen molar-refractivity contribution in [1.82, 2.24) is 14.9 Å². The molecule has 5 heteroatoms. The van der Waals surface area contributed by atoms with Crippen LogP contribution in [0.3, 0.4) is 0 Å². The van der Waals surface area contributed by atoms with Gasteiger partial charge in [0.25, 0.3) is 5.91 Å². The zero-order chi connectivity index (χ0) is 12.4. The van der Waals surface area contributed by atoms with Crippen molar-refractivity contribution in [2.75, 3.05) is 0 Å². The molecule has 0 atom stereocenters. The summed E-state index contributed by atoms with van der Waals surface area (Å²) in [5, 5.41) is 0. The van der Waals surface area contributed by atoms with Crippen LogP contribution in [0.1, 0.15) is 36.2 Å². The zero-order valence-electron chi connectivity index (χ0n) is 10.0. The van der Waals surface area contributed by atoms with Crippen molar-refractivity contribution in [1.29, 1.82) is 0 Å². The summed E-state index contributed by atoms with van der Waals surface area (Å²) in [5.41, 5.74) is 3.61. The van der Waals surface area contributed by atoms with Gasteiger partial charge < -0.3 is 4.40 Å². The van der Waals surface area contributed by atoms with Crippen LogP contribution < -0.4 is 5.48 Å². The Bertz CT molecular complexity index is 525. The molecule has 94 valence electrons. The van der Waals surface area contributed by atoms with Crippen molar-refractivity contribution >= 4 is 11.6 Å². The molecule has 2 aromatic heterocycles.